The average molecular weight is 662 g/mol. The number of benzene rings is 2. The van der Waals surface area contributed by atoms with E-state index in [1.165, 1.54) is 44.3 Å². The van der Waals surface area contributed by atoms with E-state index in [9.17, 15) is 27.7 Å². The third-order valence-electron chi connectivity index (χ3n) is 7.53. The Kier molecular flexibility index (Phi) is 11.5. The predicted molar refractivity (Wildman–Crippen MR) is 176 cm³/mol. The van der Waals surface area contributed by atoms with Gasteiger partial charge in [0.05, 0.1) is 23.3 Å². The molecule has 45 heavy (non-hydrogen) atoms. The van der Waals surface area contributed by atoms with Gasteiger partial charge >= 0.3 is 0 Å². The number of carbonyl (C=O) groups is 2. The summed E-state index contributed by atoms with van der Waals surface area (Å²) in [5.41, 5.74) is 2.52. The number of amides is 2. The first kappa shape index (κ1) is 36.4. The molecule has 0 aliphatic rings. The molecule has 0 bridgehead atoms. The van der Waals surface area contributed by atoms with Crippen molar-refractivity contribution in [3.05, 3.63) is 80.4 Å². The highest BCUT2D eigenvalue weighted by Crippen LogP contribution is 2.33. The molecule has 0 saturated carbocycles. The molecule has 11 heteroatoms. The van der Waals surface area contributed by atoms with Crippen LogP contribution in [0.4, 0.5) is 8.78 Å². The molecule has 0 fully saturated rings. The molecular formula is C34H45F2N3O4S2. The van der Waals surface area contributed by atoms with Gasteiger partial charge in [0.15, 0.2) is 9.92 Å². The number of hydrogen-bond acceptors (Lipinski definition) is 6. The van der Waals surface area contributed by atoms with E-state index >= 15 is 0 Å². The normalized spacial score (nSPS) is 13.5. The molecule has 1 unspecified atom stereocenters. The summed E-state index contributed by atoms with van der Waals surface area (Å²) in [5.74, 6) is -2.64. The van der Waals surface area contributed by atoms with Crippen molar-refractivity contribution in [2.45, 2.75) is 116 Å². The largest absolute Gasteiger partial charge is 0.385 e. The first-order chi connectivity index (χ1) is 20.7. The van der Waals surface area contributed by atoms with Gasteiger partial charge in [-0.1, -0.05) is 55.4 Å². The fourth-order valence-corrected chi connectivity index (χ4v) is 8.03. The third-order valence-corrected chi connectivity index (χ3v) is 11.1. The van der Waals surface area contributed by atoms with Crippen LogP contribution in [-0.2, 0) is 37.9 Å². The summed E-state index contributed by atoms with van der Waals surface area (Å²) < 4.78 is 50.0. The second-order valence-corrected chi connectivity index (χ2v) is 16.3. The second kappa shape index (κ2) is 14.2. The van der Waals surface area contributed by atoms with Gasteiger partial charge in [0, 0.05) is 6.20 Å². The van der Waals surface area contributed by atoms with Crippen molar-refractivity contribution in [3.8, 4) is 0 Å². The van der Waals surface area contributed by atoms with Crippen LogP contribution in [0, 0.1) is 11.6 Å². The van der Waals surface area contributed by atoms with Crippen LogP contribution in [0.15, 0.2) is 39.2 Å². The van der Waals surface area contributed by atoms with Crippen LogP contribution in [-0.4, -0.2) is 26.1 Å². The monoisotopic (exact) mass is 661 g/mol. The highest BCUT2D eigenvalue weighted by atomic mass is 32.2. The Balaban J connectivity index is 2.13. The molecular weight excluding hydrogens is 617 g/mol. The van der Waals surface area contributed by atoms with Crippen molar-refractivity contribution in [2.24, 2.45) is 4.36 Å². The quantitative estimate of drug-likeness (QED) is 0.216. The summed E-state index contributed by atoms with van der Waals surface area (Å²) >= 11 is 0.883. The van der Waals surface area contributed by atoms with E-state index in [1.807, 2.05) is 55.4 Å². The van der Waals surface area contributed by atoms with Crippen LogP contribution in [0.5, 0.6) is 0 Å². The van der Waals surface area contributed by atoms with Crippen molar-refractivity contribution in [3.63, 3.8) is 0 Å². The molecule has 0 saturated heterocycles. The topological polar surface area (TPSA) is 109 Å². The molecule has 7 nitrogen and oxygen atoms in total. The Labute approximate surface area is 270 Å². The lowest BCUT2D eigenvalue weighted by atomic mass is 9.87. The lowest BCUT2D eigenvalue weighted by Crippen LogP contribution is -2.33. The summed E-state index contributed by atoms with van der Waals surface area (Å²) in [7, 11) is -3.97. The highest BCUT2D eigenvalue weighted by Gasteiger charge is 2.28. The summed E-state index contributed by atoms with van der Waals surface area (Å²) in [5, 5.41) is 10.5. The smallest absolute Gasteiger partial charge is 0.259 e. The zero-order valence-electron chi connectivity index (χ0n) is 27.7. The lowest BCUT2D eigenvalue weighted by molar-refractivity contribution is -0.118. The number of nitrogens with one attached hydrogen (secondary N) is 1. The molecule has 3 aromatic rings. The maximum absolute atomic E-state index is 14.5. The molecule has 3 rings (SSSR count). The number of thiazole rings is 1. The van der Waals surface area contributed by atoms with E-state index in [0.717, 1.165) is 11.3 Å². The van der Waals surface area contributed by atoms with E-state index in [1.54, 1.807) is 0 Å². The number of aliphatic hydroxyl groups is 1. The van der Waals surface area contributed by atoms with Gasteiger partial charge in [0.25, 0.3) is 5.91 Å². The first-order valence-electron chi connectivity index (χ1n) is 15.2. The van der Waals surface area contributed by atoms with E-state index in [0.29, 0.717) is 38.3 Å². The molecule has 1 aromatic heterocycles. The van der Waals surface area contributed by atoms with Gasteiger partial charge in [-0.25, -0.2) is 18.0 Å². The fraction of sp³-hybridized carbons (Fsp3) is 0.500. The number of hydrogen-bond donors (Lipinski definition) is 2. The van der Waals surface area contributed by atoms with Crippen molar-refractivity contribution >= 4 is 33.1 Å². The minimum atomic E-state index is -3.97. The van der Waals surface area contributed by atoms with Crippen molar-refractivity contribution < 1.29 is 27.7 Å². The molecule has 2 amide bonds. The number of aromatic nitrogens is 1. The minimum Gasteiger partial charge on any atom is -0.385 e. The minimum absolute atomic E-state index is 0.0917. The molecule has 0 spiro atoms. The summed E-state index contributed by atoms with van der Waals surface area (Å²) in [6, 6.07) is 5.61. The second-order valence-electron chi connectivity index (χ2n) is 13.2. The van der Waals surface area contributed by atoms with E-state index in [2.05, 4.69) is 14.1 Å². The number of rotatable bonds is 11. The summed E-state index contributed by atoms with van der Waals surface area (Å²) in [6.45, 7) is 18.3. The molecule has 2 aromatic carbocycles. The number of halogens is 2. The predicted octanol–water partition coefficient (Wildman–Crippen LogP) is 8.01. The fourth-order valence-electron chi connectivity index (χ4n) is 5.28. The van der Waals surface area contributed by atoms with Crippen LogP contribution >= 0.6 is 11.3 Å². The Bertz CT molecular complexity index is 1640. The molecule has 0 radical (unpaired) electrons. The van der Waals surface area contributed by atoms with Gasteiger partial charge in [0.1, 0.15) is 11.6 Å². The molecule has 1 heterocycles. The number of nitrogens with zero attached hydrogens (tertiary/aromatic N) is 2. The average Bonchev–Trinajstić information content (AvgIpc) is 3.41. The SMILES string of the molecule is CC(C)c1cc(F)cc(C(C)C)c1CC(=O)N=S(=O)(NC(=O)Cc1c(C(C)C)cc(F)cc1C(C)C)c1ncc(C(C)(C)O)s1. The van der Waals surface area contributed by atoms with Crippen molar-refractivity contribution in [1.82, 2.24) is 9.71 Å². The van der Waals surface area contributed by atoms with Crippen LogP contribution in [0.1, 0.15) is 131 Å². The Morgan fingerprint density at radius 3 is 1.60 bits per heavy atom. The lowest BCUT2D eigenvalue weighted by Gasteiger charge is -2.20. The molecule has 0 aliphatic heterocycles. The van der Waals surface area contributed by atoms with E-state index in [4.69, 9.17) is 0 Å². The van der Waals surface area contributed by atoms with Crippen LogP contribution in [0.3, 0.4) is 0 Å². The van der Waals surface area contributed by atoms with Crippen LogP contribution < -0.4 is 4.72 Å². The standard InChI is InChI=1S/C34H45F2N3O4S2/c1-18(2)24-11-22(35)12-25(19(3)4)28(24)15-31(40)38-45(43,33-37-17-30(44-33)34(9,10)42)39-32(41)16-29-26(20(5)6)13-23(36)14-27(29)21(7)8/h11-14,17-21,42H,15-16H2,1-10H3,(H,38,39,40,41,43). The molecule has 246 valence electrons. The maximum Gasteiger partial charge on any atom is 0.259 e. The van der Waals surface area contributed by atoms with Gasteiger partial charge < -0.3 is 5.11 Å². The van der Waals surface area contributed by atoms with Crippen molar-refractivity contribution in [2.75, 3.05) is 0 Å². The molecule has 1 atom stereocenters. The van der Waals surface area contributed by atoms with Crippen LogP contribution in [0.25, 0.3) is 0 Å². The highest BCUT2D eigenvalue weighted by molar-refractivity contribution is 7.94. The zero-order chi connectivity index (χ0) is 34.0. The Hall–Kier alpha value is -3.02. The van der Waals surface area contributed by atoms with E-state index in [-0.39, 0.29) is 40.9 Å². The number of carbonyl (C=O) groups excluding carboxylic acids is 2. The maximum atomic E-state index is 14.5. The Morgan fingerprint density at radius 2 is 1.24 bits per heavy atom. The zero-order valence-corrected chi connectivity index (χ0v) is 29.4. The van der Waals surface area contributed by atoms with Crippen molar-refractivity contribution in [1.29, 1.82) is 0 Å². The van der Waals surface area contributed by atoms with Gasteiger partial charge in [0.2, 0.25) is 10.2 Å². The third kappa shape index (κ3) is 8.83. The van der Waals surface area contributed by atoms with Gasteiger partial charge in [-0.2, -0.15) is 0 Å². The van der Waals surface area contributed by atoms with Crippen LogP contribution in [0.2, 0.25) is 0 Å². The summed E-state index contributed by atoms with van der Waals surface area (Å²) in [6.07, 6.45) is 0.858. The first-order valence-corrected chi connectivity index (χ1v) is 17.5. The Morgan fingerprint density at radius 1 is 0.844 bits per heavy atom. The van der Waals surface area contributed by atoms with Gasteiger partial charge in [-0.3, -0.25) is 14.3 Å². The van der Waals surface area contributed by atoms with E-state index < -0.39 is 39.0 Å². The van der Waals surface area contributed by atoms with Gasteiger partial charge in [-0.15, -0.1) is 15.7 Å². The molecule has 0 aliphatic carbocycles. The molecule has 2 N–H and O–H groups in total. The van der Waals surface area contributed by atoms with Gasteiger partial charge in [-0.05, 0) is 95.2 Å². The summed E-state index contributed by atoms with van der Waals surface area (Å²) in [4.78, 5) is 31.8.